The molecule has 2 aliphatic rings. The Morgan fingerprint density at radius 2 is 1.51 bits per heavy atom. The molecule has 0 bridgehead atoms. The van der Waals surface area contributed by atoms with Gasteiger partial charge in [0.05, 0.1) is 32.8 Å². The topological polar surface area (TPSA) is 88.6 Å². The molecule has 2 fully saturated rings. The molecule has 0 radical (unpaired) electrons. The van der Waals surface area contributed by atoms with E-state index in [4.69, 9.17) is 14.2 Å². The number of ether oxygens (including phenoxy) is 3. The molecule has 4 rings (SSSR count). The van der Waals surface area contributed by atoms with Crippen molar-refractivity contribution in [2.24, 2.45) is 0 Å². The average Bonchev–Trinajstić information content (AvgIpc) is 2.95. The Hall–Kier alpha value is -2.98. The number of anilines is 1. The zero-order valence-electron chi connectivity index (χ0n) is 21.9. The van der Waals surface area contributed by atoms with Crippen molar-refractivity contribution in [3.05, 3.63) is 42.5 Å². The van der Waals surface area contributed by atoms with Crippen molar-refractivity contribution in [1.29, 1.82) is 0 Å². The maximum absolute atomic E-state index is 13.8. The van der Waals surface area contributed by atoms with Gasteiger partial charge in [-0.1, -0.05) is 19.3 Å². The highest BCUT2D eigenvalue weighted by atomic mass is 32.2. The number of carbonyl (C=O) groups excluding carboxylic acids is 1. The molecule has 0 N–H and O–H groups in total. The van der Waals surface area contributed by atoms with Gasteiger partial charge in [0.25, 0.3) is 0 Å². The largest absolute Gasteiger partial charge is 0.497 e. The Morgan fingerprint density at radius 1 is 0.865 bits per heavy atom. The molecule has 2 aromatic rings. The summed E-state index contributed by atoms with van der Waals surface area (Å²) >= 11 is 0. The molecule has 1 aliphatic carbocycles. The summed E-state index contributed by atoms with van der Waals surface area (Å²) in [6.07, 6.45) is 4.51. The first-order chi connectivity index (χ1) is 17.9. The average molecular weight is 532 g/mol. The van der Waals surface area contributed by atoms with E-state index in [2.05, 4.69) is 4.90 Å². The van der Waals surface area contributed by atoms with Gasteiger partial charge in [0.2, 0.25) is 15.9 Å². The zero-order chi connectivity index (χ0) is 26.4. The lowest BCUT2D eigenvalue weighted by molar-refractivity contribution is -0.132. The smallest absolute Gasteiger partial charge is 0.243 e. The van der Waals surface area contributed by atoms with Crippen LogP contribution in [0.3, 0.4) is 0 Å². The molecular formula is C27H37N3O6S. The van der Waals surface area contributed by atoms with Crippen molar-refractivity contribution in [1.82, 2.24) is 9.21 Å². The van der Waals surface area contributed by atoms with Crippen LogP contribution in [0.4, 0.5) is 5.69 Å². The van der Waals surface area contributed by atoms with Crippen molar-refractivity contribution >= 4 is 21.6 Å². The van der Waals surface area contributed by atoms with Gasteiger partial charge in [-0.2, -0.15) is 4.31 Å². The fourth-order valence-corrected chi connectivity index (χ4v) is 6.78. The predicted octanol–water partition coefficient (Wildman–Crippen LogP) is 3.38. The van der Waals surface area contributed by atoms with Crippen LogP contribution in [0.15, 0.2) is 47.4 Å². The number of methoxy groups -OCH3 is 3. The maximum Gasteiger partial charge on any atom is 0.243 e. The van der Waals surface area contributed by atoms with Gasteiger partial charge in [0.1, 0.15) is 5.75 Å². The third kappa shape index (κ3) is 6.13. The van der Waals surface area contributed by atoms with Crippen molar-refractivity contribution < 1.29 is 27.4 Å². The predicted molar refractivity (Wildman–Crippen MR) is 142 cm³/mol. The lowest BCUT2D eigenvalue weighted by atomic mass is 9.95. The molecule has 0 spiro atoms. The molecule has 0 aromatic heterocycles. The molecule has 0 unspecified atom stereocenters. The summed E-state index contributed by atoms with van der Waals surface area (Å²) in [5, 5.41) is 0. The first-order valence-corrected chi connectivity index (χ1v) is 14.2. The standard InChI is InChI=1S/C27H37N3O6S/c1-34-23-11-9-21(10-12-23)28-15-17-29(18-16-28)27(31)20-30(22-7-5-4-6-8-22)37(32,33)24-13-14-25(35-2)26(19-24)36-3/h9-14,19,22H,4-8,15-18,20H2,1-3H3. The second-order valence-electron chi connectivity index (χ2n) is 9.42. The van der Waals surface area contributed by atoms with Crippen LogP contribution in [-0.4, -0.2) is 83.6 Å². The highest BCUT2D eigenvalue weighted by Crippen LogP contribution is 2.33. The summed E-state index contributed by atoms with van der Waals surface area (Å²) < 4.78 is 45.0. The number of nitrogens with zero attached hydrogens (tertiary/aromatic N) is 3. The molecule has 1 saturated carbocycles. The Labute approximate surface area is 219 Å². The van der Waals surface area contributed by atoms with E-state index >= 15 is 0 Å². The second kappa shape index (κ2) is 12.0. The third-order valence-electron chi connectivity index (χ3n) is 7.30. The third-order valence-corrected chi connectivity index (χ3v) is 9.20. The Kier molecular flexibility index (Phi) is 8.81. The molecule has 1 amide bonds. The van der Waals surface area contributed by atoms with Gasteiger partial charge >= 0.3 is 0 Å². The van der Waals surface area contributed by atoms with Crippen LogP contribution in [0, 0.1) is 0 Å². The van der Waals surface area contributed by atoms with E-state index in [9.17, 15) is 13.2 Å². The Balaban J connectivity index is 1.49. The summed E-state index contributed by atoms with van der Waals surface area (Å²) in [7, 11) is 0.698. The first-order valence-electron chi connectivity index (χ1n) is 12.8. The zero-order valence-corrected chi connectivity index (χ0v) is 22.7. The molecular weight excluding hydrogens is 494 g/mol. The van der Waals surface area contributed by atoms with Gasteiger partial charge in [0.15, 0.2) is 11.5 Å². The number of hydrogen-bond acceptors (Lipinski definition) is 7. The number of hydrogen-bond donors (Lipinski definition) is 0. The van der Waals surface area contributed by atoms with Crippen LogP contribution in [0.2, 0.25) is 0 Å². The minimum absolute atomic E-state index is 0.104. The summed E-state index contributed by atoms with van der Waals surface area (Å²) in [6, 6.07) is 12.3. The van der Waals surface area contributed by atoms with Crippen molar-refractivity contribution in [3.8, 4) is 17.2 Å². The van der Waals surface area contributed by atoms with Crippen LogP contribution < -0.4 is 19.1 Å². The minimum atomic E-state index is -3.92. The Morgan fingerprint density at radius 3 is 2.11 bits per heavy atom. The van der Waals surface area contributed by atoms with Crippen LogP contribution in [-0.2, 0) is 14.8 Å². The highest BCUT2D eigenvalue weighted by Gasteiger charge is 2.36. The van der Waals surface area contributed by atoms with Gasteiger partial charge < -0.3 is 24.0 Å². The summed E-state index contributed by atoms with van der Waals surface area (Å²) in [4.78, 5) is 17.5. The normalized spacial score (nSPS) is 17.1. The van der Waals surface area contributed by atoms with E-state index in [1.165, 1.54) is 30.7 Å². The fourth-order valence-electron chi connectivity index (χ4n) is 5.13. The van der Waals surface area contributed by atoms with E-state index in [0.717, 1.165) is 43.5 Å². The quantitative estimate of drug-likeness (QED) is 0.490. The van der Waals surface area contributed by atoms with E-state index < -0.39 is 10.0 Å². The van der Waals surface area contributed by atoms with Crippen molar-refractivity contribution in [2.45, 2.75) is 43.0 Å². The number of rotatable bonds is 9. The molecule has 37 heavy (non-hydrogen) atoms. The van der Waals surface area contributed by atoms with Gasteiger partial charge in [-0.3, -0.25) is 4.79 Å². The molecule has 1 aliphatic heterocycles. The number of amides is 1. The lowest BCUT2D eigenvalue weighted by Crippen LogP contribution is -2.53. The molecule has 0 atom stereocenters. The molecule has 202 valence electrons. The molecule has 10 heteroatoms. The first kappa shape index (κ1) is 27.1. The molecule has 1 heterocycles. The molecule has 2 aromatic carbocycles. The van der Waals surface area contributed by atoms with E-state index in [1.807, 2.05) is 24.3 Å². The summed E-state index contributed by atoms with van der Waals surface area (Å²) in [5.74, 6) is 1.43. The number of carbonyl (C=O) groups is 1. The number of sulfonamides is 1. The van der Waals surface area contributed by atoms with Crippen molar-refractivity contribution in [2.75, 3.05) is 59.0 Å². The van der Waals surface area contributed by atoms with Crippen LogP contribution in [0.25, 0.3) is 0 Å². The van der Waals surface area contributed by atoms with Crippen LogP contribution in [0.1, 0.15) is 32.1 Å². The van der Waals surface area contributed by atoms with E-state index in [1.54, 1.807) is 18.1 Å². The van der Waals surface area contributed by atoms with Crippen LogP contribution in [0.5, 0.6) is 17.2 Å². The van der Waals surface area contributed by atoms with E-state index in [0.29, 0.717) is 37.7 Å². The lowest BCUT2D eigenvalue weighted by Gasteiger charge is -2.38. The summed E-state index contributed by atoms with van der Waals surface area (Å²) in [6.45, 7) is 2.29. The second-order valence-corrected chi connectivity index (χ2v) is 11.3. The minimum Gasteiger partial charge on any atom is -0.497 e. The Bertz CT molecular complexity index is 1160. The van der Waals surface area contributed by atoms with Gasteiger partial charge in [0, 0.05) is 44.0 Å². The number of benzene rings is 2. The monoisotopic (exact) mass is 531 g/mol. The van der Waals surface area contributed by atoms with Gasteiger partial charge in [-0.25, -0.2) is 8.42 Å². The molecule has 9 nitrogen and oxygen atoms in total. The summed E-state index contributed by atoms with van der Waals surface area (Å²) in [5.41, 5.74) is 1.08. The fraction of sp³-hybridized carbons (Fsp3) is 0.519. The van der Waals surface area contributed by atoms with Gasteiger partial charge in [-0.05, 0) is 49.2 Å². The SMILES string of the molecule is COc1ccc(N2CCN(C(=O)CN(C3CCCCC3)S(=O)(=O)c3ccc(OC)c(OC)c3)CC2)cc1. The number of piperazine rings is 1. The van der Waals surface area contributed by atoms with Crippen molar-refractivity contribution in [3.63, 3.8) is 0 Å². The van der Waals surface area contributed by atoms with Gasteiger partial charge in [-0.15, -0.1) is 0 Å². The highest BCUT2D eigenvalue weighted by molar-refractivity contribution is 7.89. The van der Waals surface area contributed by atoms with Crippen LogP contribution >= 0.6 is 0 Å². The maximum atomic E-state index is 13.8. The molecule has 1 saturated heterocycles. The van der Waals surface area contributed by atoms with E-state index in [-0.39, 0.29) is 23.4 Å².